The monoisotopic (exact) mass is 228 g/mol. The molecule has 0 aliphatic rings. The Hall–Kier alpha value is -0.450. The van der Waals surface area contributed by atoms with Crippen LogP contribution in [0.25, 0.3) is 0 Å². The predicted molar refractivity (Wildman–Crippen MR) is 64.0 cm³/mol. The predicted octanol–water partition coefficient (Wildman–Crippen LogP) is 2.57. The first-order valence-corrected chi connectivity index (χ1v) is 6.15. The number of hydrogen-bond acceptors (Lipinski definition) is 4. The van der Waals surface area contributed by atoms with Crippen molar-refractivity contribution in [1.29, 1.82) is 0 Å². The quantitative estimate of drug-likeness (QED) is 0.841. The van der Waals surface area contributed by atoms with E-state index < -0.39 is 0 Å². The standard InChI is InChI=1S/C11H20N2OS/c1-5-14-7-10-13-9(8-15-10)6-12-11(2,3)4/h8,12H,5-7H2,1-4H3. The van der Waals surface area contributed by atoms with Gasteiger partial charge in [0.05, 0.1) is 12.3 Å². The van der Waals surface area contributed by atoms with Crippen LogP contribution in [0, 0.1) is 0 Å². The van der Waals surface area contributed by atoms with Gasteiger partial charge in [-0.25, -0.2) is 4.98 Å². The summed E-state index contributed by atoms with van der Waals surface area (Å²) in [5.41, 5.74) is 1.24. The van der Waals surface area contributed by atoms with Crippen molar-refractivity contribution in [3.8, 4) is 0 Å². The maximum Gasteiger partial charge on any atom is 0.119 e. The van der Waals surface area contributed by atoms with Gasteiger partial charge in [-0.1, -0.05) is 0 Å². The van der Waals surface area contributed by atoms with Crippen molar-refractivity contribution in [2.45, 2.75) is 46.4 Å². The molecule has 0 unspecified atom stereocenters. The summed E-state index contributed by atoms with van der Waals surface area (Å²) in [5, 5.41) is 6.56. The normalized spacial score (nSPS) is 12.0. The minimum Gasteiger partial charge on any atom is -0.375 e. The van der Waals surface area contributed by atoms with Crippen molar-refractivity contribution in [2.24, 2.45) is 0 Å². The highest BCUT2D eigenvalue weighted by atomic mass is 32.1. The average Bonchev–Trinajstić information content (AvgIpc) is 2.58. The molecule has 0 bridgehead atoms. The van der Waals surface area contributed by atoms with E-state index in [9.17, 15) is 0 Å². The maximum atomic E-state index is 5.31. The zero-order valence-corrected chi connectivity index (χ0v) is 10.8. The van der Waals surface area contributed by atoms with E-state index in [1.165, 1.54) is 0 Å². The Bertz CT molecular complexity index is 291. The number of ether oxygens (including phenoxy) is 1. The molecule has 0 aliphatic carbocycles. The Morgan fingerprint density at radius 1 is 1.47 bits per heavy atom. The summed E-state index contributed by atoms with van der Waals surface area (Å²) in [6.07, 6.45) is 0. The Labute approximate surface area is 95.9 Å². The van der Waals surface area contributed by atoms with E-state index >= 15 is 0 Å². The van der Waals surface area contributed by atoms with Gasteiger partial charge in [0.25, 0.3) is 0 Å². The van der Waals surface area contributed by atoms with Crippen LogP contribution in [0.4, 0.5) is 0 Å². The van der Waals surface area contributed by atoms with Crippen molar-refractivity contribution in [3.63, 3.8) is 0 Å². The number of aromatic nitrogens is 1. The lowest BCUT2D eigenvalue weighted by Gasteiger charge is -2.19. The molecule has 1 N–H and O–H groups in total. The summed E-state index contributed by atoms with van der Waals surface area (Å²) in [4.78, 5) is 4.48. The topological polar surface area (TPSA) is 34.1 Å². The molecule has 1 heterocycles. The third-order valence-electron chi connectivity index (χ3n) is 1.83. The van der Waals surface area contributed by atoms with Crippen molar-refractivity contribution in [1.82, 2.24) is 10.3 Å². The zero-order valence-electron chi connectivity index (χ0n) is 9.96. The molecule has 0 aliphatic heterocycles. The number of rotatable bonds is 5. The molecular weight excluding hydrogens is 208 g/mol. The van der Waals surface area contributed by atoms with Crippen LogP contribution in [0.1, 0.15) is 38.4 Å². The van der Waals surface area contributed by atoms with E-state index in [1.54, 1.807) is 11.3 Å². The molecule has 0 saturated heterocycles. The zero-order chi connectivity index (χ0) is 11.3. The van der Waals surface area contributed by atoms with Gasteiger partial charge in [0.15, 0.2) is 0 Å². The van der Waals surface area contributed by atoms with Gasteiger partial charge in [-0.2, -0.15) is 0 Å². The molecule has 15 heavy (non-hydrogen) atoms. The minimum atomic E-state index is 0.143. The highest BCUT2D eigenvalue weighted by molar-refractivity contribution is 7.09. The molecule has 0 atom stereocenters. The van der Waals surface area contributed by atoms with Crippen molar-refractivity contribution >= 4 is 11.3 Å². The molecule has 0 spiro atoms. The molecule has 0 radical (unpaired) electrons. The van der Waals surface area contributed by atoms with E-state index in [0.29, 0.717) is 6.61 Å². The van der Waals surface area contributed by atoms with Crippen LogP contribution in [0.3, 0.4) is 0 Å². The number of nitrogens with one attached hydrogen (secondary N) is 1. The van der Waals surface area contributed by atoms with E-state index in [0.717, 1.165) is 23.9 Å². The van der Waals surface area contributed by atoms with Gasteiger partial charge < -0.3 is 10.1 Å². The van der Waals surface area contributed by atoms with Gasteiger partial charge in [-0.05, 0) is 27.7 Å². The van der Waals surface area contributed by atoms with Crippen LogP contribution in [-0.4, -0.2) is 17.1 Å². The molecule has 0 aromatic carbocycles. The van der Waals surface area contributed by atoms with E-state index in [1.807, 2.05) is 6.92 Å². The highest BCUT2D eigenvalue weighted by Gasteiger charge is 2.09. The third kappa shape index (κ3) is 5.25. The summed E-state index contributed by atoms with van der Waals surface area (Å²) in [5.74, 6) is 0. The second-order valence-corrected chi connectivity index (χ2v) is 5.42. The molecule has 0 amide bonds. The van der Waals surface area contributed by atoms with Crippen LogP contribution in [0.15, 0.2) is 5.38 Å². The SMILES string of the molecule is CCOCc1nc(CNC(C)(C)C)cs1. The second-order valence-electron chi connectivity index (χ2n) is 4.47. The van der Waals surface area contributed by atoms with Crippen LogP contribution >= 0.6 is 11.3 Å². The fourth-order valence-corrected chi connectivity index (χ4v) is 1.77. The lowest BCUT2D eigenvalue weighted by atomic mass is 10.1. The van der Waals surface area contributed by atoms with Gasteiger partial charge in [-0.15, -0.1) is 11.3 Å². The Balaban J connectivity index is 2.39. The Morgan fingerprint density at radius 3 is 2.80 bits per heavy atom. The summed E-state index contributed by atoms with van der Waals surface area (Å²) >= 11 is 1.66. The fourth-order valence-electron chi connectivity index (χ4n) is 1.04. The Morgan fingerprint density at radius 2 is 2.20 bits per heavy atom. The molecule has 0 saturated carbocycles. The molecule has 86 valence electrons. The first-order valence-electron chi connectivity index (χ1n) is 5.27. The number of nitrogens with zero attached hydrogens (tertiary/aromatic N) is 1. The largest absolute Gasteiger partial charge is 0.375 e. The van der Waals surface area contributed by atoms with Crippen molar-refractivity contribution in [3.05, 3.63) is 16.1 Å². The van der Waals surface area contributed by atoms with Gasteiger partial charge in [0, 0.05) is 24.1 Å². The molecule has 0 fully saturated rings. The molecule has 4 heteroatoms. The molecular formula is C11H20N2OS. The average molecular weight is 228 g/mol. The van der Waals surface area contributed by atoms with Gasteiger partial charge in [0.2, 0.25) is 0 Å². The highest BCUT2D eigenvalue weighted by Crippen LogP contribution is 2.11. The van der Waals surface area contributed by atoms with Crippen molar-refractivity contribution < 1.29 is 4.74 Å². The summed E-state index contributed by atoms with van der Waals surface area (Å²) in [7, 11) is 0. The molecule has 1 aromatic rings. The van der Waals surface area contributed by atoms with Crippen LogP contribution in [-0.2, 0) is 17.9 Å². The summed E-state index contributed by atoms with van der Waals surface area (Å²) < 4.78 is 5.31. The van der Waals surface area contributed by atoms with Crippen LogP contribution < -0.4 is 5.32 Å². The lowest BCUT2D eigenvalue weighted by Crippen LogP contribution is -2.35. The summed E-state index contributed by atoms with van der Waals surface area (Å²) in [6.45, 7) is 10.7. The van der Waals surface area contributed by atoms with E-state index in [2.05, 4.69) is 36.5 Å². The molecule has 3 nitrogen and oxygen atoms in total. The van der Waals surface area contributed by atoms with Gasteiger partial charge in [-0.3, -0.25) is 0 Å². The smallest absolute Gasteiger partial charge is 0.119 e. The van der Waals surface area contributed by atoms with Gasteiger partial charge >= 0.3 is 0 Å². The lowest BCUT2D eigenvalue weighted by molar-refractivity contribution is 0.133. The fraction of sp³-hybridized carbons (Fsp3) is 0.727. The number of hydrogen-bond donors (Lipinski definition) is 1. The number of thiazole rings is 1. The Kier molecular flexibility index (Phi) is 4.70. The molecule has 1 rings (SSSR count). The maximum absolute atomic E-state index is 5.31. The van der Waals surface area contributed by atoms with Crippen molar-refractivity contribution in [2.75, 3.05) is 6.61 Å². The van der Waals surface area contributed by atoms with E-state index in [-0.39, 0.29) is 5.54 Å². The first kappa shape index (κ1) is 12.6. The van der Waals surface area contributed by atoms with Crippen LogP contribution in [0.2, 0.25) is 0 Å². The molecule has 1 aromatic heterocycles. The first-order chi connectivity index (χ1) is 7.01. The van der Waals surface area contributed by atoms with Crippen LogP contribution in [0.5, 0.6) is 0 Å². The van der Waals surface area contributed by atoms with E-state index in [4.69, 9.17) is 4.74 Å². The third-order valence-corrected chi connectivity index (χ3v) is 2.70. The second kappa shape index (κ2) is 5.58. The minimum absolute atomic E-state index is 0.143. The van der Waals surface area contributed by atoms with Gasteiger partial charge in [0.1, 0.15) is 5.01 Å². The summed E-state index contributed by atoms with van der Waals surface area (Å²) in [6, 6.07) is 0.